The molecule has 4 heteroatoms. The smallest absolute Gasteiger partial charge is 0.265 e. The molecule has 1 saturated heterocycles. The van der Waals surface area contributed by atoms with E-state index in [1.165, 1.54) is 32.1 Å². The molecule has 0 bridgehead atoms. The van der Waals surface area contributed by atoms with Gasteiger partial charge in [0.2, 0.25) is 0 Å². The first-order chi connectivity index (χ1) is 11.7. The van der Waals surface area contributed by atoms with Gasteiger partial charge in [0.1, 0.15) is 9.88 Å². The van der Waals surface area contributed by atoms with Gasteiger partial charge in [0.15, 0.2) is 0 Å². The third-order valence-corrected chi connectivity index (χ3v) is 6.78. The number of piperidine rings is 1. The van der Waals surface area contributed by atoms with Gasteiger partial charge in [-0.05, 0) is 31.6 Å². The van der Waals surface area contributed by atoms with E-state index in [0.717, 1.165) is 46.1 Å². The van der Waals surface area contributed by atoms with Crippen LogP contribution in [0, 0.1) is 18.8 Å². The van der Waals surface area contributed by atoms with Crippen LogP contribution < -0.4 is 0 Å². The van der Waals surface area contributed by atoms with Crippen LogP contribution in [-0.4, -0.2) is 28.9 Å². The van der Waals surface area contributed by atoms with Crippen molar-refractivity contribution in [2.75, 3.05) is 13.1 Å². The highest BCUT2D eigenvalue weighted by atomic mass is 32.1. The number of amides is 1. The van der Waals surface area contributed by atoms with Crippen LogP contribution in [0.5, 0.6) is 0 Å². The molecule has 24 heavy (non-hydrogen) atoms. The maximum absolute atomic E-state index is 13.0. The minimum absolute atomic E-state index is 0.191. The Balaban J connectivity index is 1.53. The Morgan fingerprint density at radius 3 is 2.67 bits per heavy atom. The van der Waals surface area contributed by atoms with Crippen molar-refractivity contribution < 1.29 is 4.79 Å². The summed E-state index contributed by atoms with van der Waals surface area (Å²) in [4.78, 5) is 20.6. The Bertz CT molecular complexity index is 724. The van der Waals surface area contributed by atoms with E-state index in [1.54, 1.807) is 11.3 Å². The fraction of sp³-hybridized carbons (Fsp3) is 0.500. The topological polar surface area (TPSA) is 33.2 Å². The first-order valence-electron chi connectivity index (χ1n) is 9.04. The highest BCUT2D eigenvalue weighted by Crippen LogP contribution is 2.37. The molecule has 1 saturated carbocycles. The molecule has 0 radical (unpaired) electrons. The summed E-state index contributed by atoms with van der Waals surface area (Å²) in [6.45, 7) is 3.82. The Morgan fingerprint density at radius 2 is 1.88 bits per heavy atom. The third-order valence-electron chi connectivity index (χ3n) is 5.59. The Morgan fingerprint density at radius 1 is 1.12 bits per heavy atom. The van der Waals surface area contributed by atoms with E-state index < -0.39 is 0 Å². The maximum atomic E-state index is 13.0. The largest absolute Gasteiger partial charge is 0.338 e. The minimum Gasteiger partial charge on any atom is -0.338 e. The molecule has 3 nitrogen and oxygen atoms in total. The molecule has 4 rings (SSSR count). The van der Waals surface area contributed by atoms with E-state index in [-0.39, 0.29) is 5.91 Å². The number of rotatable bonds is 2. The van der Waals surface area contributed by atoms with Gasteiger partial charge in [0.25, 0.3) is 5.91 Å². The molecule has 2 atom stereocenters. The van der Waals surface area contributed by atoms with Crippen molar-refractivity contribution in [1.29, 1.82) is 0 Å². The molecule has 2 aliphatic rings. The Labute approximate surface area is 147 Å². The number of hydrogen-bond acceptors (Lipinski definition) is 3. The van der Waals surface area contributed by atoms with Gasteiger partial charge in [0, 0.05) is 18.7 Å². The standard InChI is InChI=1S/C20H24N2OS/c1-14-18(24-19(21-14)16-8-3-2-4-9-16)20(23)22-12-11-15-7-5-6-10-17(15)13-22/h2-4,8-9,15,17H,5-7,10-13H2,1H3/t15-,17+/m1/s1. The van der Waals surface area contributed by atoms with Crippen molar-refractivity contribution in [3.8, 4) is 10.6 Å². The van der Waals surface area contributed by atoms with Crippen molar-refractivity contribution in [1.82, 2.24) is 9.88 Å². The average molecular weight is 340 g/mol. The molecule has 2 fully saturated rings. The highest BCUT2D eigenvalue weighted by molar-refractivity contribution is 7.17. The summed E-state index contributed by atoms with van der Waals surface area (Å²) in [5, 5.41) is 0.948. The van der Waals surface area contributed by atoms with Crippen LogP contribution in [0.2, 0.25) is 0 Å². The van der Waals surface area contributed by atoms with Gasteiger partial charge in [-0.1, -0.05) is 49.6 Å². The van der Waals surface area contributed by atoms with Gasteiger partial charge in [-0.25, -0.2) is 4.98 Å². The summed E-state index contributed by atoms with van der Waals surface area (Å²) in [6.07, 6.45) is 6.56. The third kappa shape index (κ3) is 3.00. The number of aromatic nitrogens is 1. The molecular formula is C20H24N2OS. The number of nitrogens with zero attached hydrogens (tertiary/aromatic N) is 2. The summed E-state index contributed by atoms with van der Waals surface area (Å²) in [7, 11) is 0. The van der Waals surface area contributed by atoms with Crippen LogP contribution in [0.25, 0.3) is 10.6 Å². The molecule has 2 heterocycles. The van der Waals surface area contributed by atoms with Crippen molar-refractivity contribution in [3.63, 3.8) is 0 Å². The molecule has 0 N–H and O–H groups in total. The second kappa shape index (κ2) is 6.67. The SMILES string of the molecule is Cc1nc(-c2ccccc2)sc1C(=O)N1CC[C@H]2CCCC[C@H]2C1. The van der Waals surface area contributed by atoms with Crippen molar-refractivity contribution in [2.45, 2.75) is 39.0 Å². The number of carbonyl (C=O) groups excluding carboxylic acids is 1. The number of likely N-dealkylation sites (tertiary alicyclic amines) is 1. The summed E-state index contributed by atoms with van der Waals surface area (Å²) >= 11 is 1.54. The molecule has 1 aromatic heterocycles. The van der Waals surface area contributed by atoms with Gasteiger partial charge in [-0.2, -0.15) is 0 Å². The molecule has 1 aliphatic carbocycles. The zero-order valence-electron chi connectivity index (χ0n) is 14.2. The minimum atomic E-state index is 0.191. The fourth-order valence-corrected chi connectivity index (χ4v) is 5.27. The predicted octanol–water partition coefficient (Wildman–Crippen LogP) is 4.77. The summed E-state index contributed by atoms with van der Waals surface area (Å²) < 4.78 is 0. The van der Waals surface area contributed by atoms with Crippen molar-refractivity contribution >= 4 is 17.2 Å². The van der Waals surface area contributed by atoms with E-state index in [4.69, 9.17) is 0 Å². The second-order valence-corrected chi connectivity index (χ2v) is 8.14. The number of thiazole rings is 1. The summed E-state index contributed by atoms with van der Waals surface area (Å²) in [5.41, 5.74) is 1.96. The van der Waals surface area contributed by atoms with Crippen LogP contribution in [0.1, 0.15) is 47.5 Å². The summed E-state index contributed by atoms with van der Waals surface area (Å²) in [5.74, 6) is 1.76. The van der Waals surface area contributed by atoms with Gasteiger partial charge >= 0.3 is 0 Å². The van der Waals surface area contributed by atoms with Gasteiger partial charge in [-0.15, -0.1) is 11.3 Å². The molecule has 1 aliphatic heterocycles. The van der Waals surface area contributed by atoms with E-state index >= 15 is 0 Å². The molecule has 0 spiro atoms. The molecule has 1 amide bonds. The van der Waals surface area contributed by atoms with Gasteiger partial charge in [-0.3, -0.25) is 4.79 Å². The Hall–Kier alpha value is -1.68. The van der Waals surface area contributed by atoms with Crippen LogP contribution >= 0.6 is 11.3 Å². The molecule has 1 aromatic carbocycles. The van der Waals surface area contributed by atoms with E-state index in [9.17, 15) is 4.79 Å². The second-order valence-electron chi connectivity index (χ2n) is 7.14. The van der Waals surface area contributed by atoms with Crippen molar-refractivity contribution in [3.05, 3.63) is 40.9 Å². The summed E-state index contributed by atoms with van der Waals surface area (Å²) in [6, 6.07) is 10.1. The zero-order chi connectivity index (χ0) is 16.5. The number of fused-ring (bicyclic) bond motifs is 1. The average Bonchev–Trinajstić information content (AvgIpc) is 3.03. The normalized spacial score (nSPS) is 23.8. The predicted molar refractivity (Wildman–Crippen MR) is 98.3 cm³/mol. The van der Waals surface area contributed by atoms with Gasteiger partial charge in [0.05, 0.1) is 5.69 Å². The van der Waals surface area contributed by atoms with E-state index in [2.05, 4.69) is 22.0 Å². The lowest BCUT2D eigenvalue weighted by Gasteiger charge is -2.41. The lowest BCUT2D eigenvalue weighted by Crippen LogP contribution is -2.44. The van der Waals surface area contributed by atoms with Crippen molar-refractivity contribution in [2.24, 2.45) is 11.8 Å². The van der Waals surface area contributed by atoms with E-state index in [0.29, 0.717) is 0 Å². The molecular weight excluding hydrogens is 316 g/mol. The first-order valence-corrected chi connectivity index (χ1v) is 9.86. The number of carbonyl (C=O) groups is 1. The zero-order valence-corrected chi connectivity index (χ0v) is 15.0. The number of hydrogen-bond donors (Lipinski definition) is 0. The monoisotopic (exact) mass is 340 g/mol. The fourth-order valence-electron chi connectivity index (χ4n) is 4.23. The molecule has 0 unspecified atom stereocenters. The number of aryl methyl sites for hydroxylation is 1. The lowest BCUT2D eigenvalue weighted by molar-refractivity contribution is 0.0524. The highest BCUT2D eigenvalue weighted by Gasteiger charge is 2.34. The van der Waals surface area contributed by atoms with Crippen LogP contribution in [0.3, 0.4) is 0 Å². The van der Waals surface area contributed by atoms with Crippen LogP contribution in [-0.2, 0) is 0 Å². The lowest BCUT2D eigenvalue weighted by atomic mass is 9.75. The van der Waals surface area contributed by atoms with Crippen LogP contribution in [0.15, 0.2) is 30.3 Å². The Kier molecular flexibility index (Phi) is 4.40. The number of benzene rings is 1. The van der Waals surface area contributed by atoms with E-state index in [1.807, 2.05) is 25.1 Å². The van der Waals surface area contributed by atoms with Crippen LogP contribution in [0.4, 0.5) is 0 Å². The van der Waals surface area contributed by atoms with Gasteiger partial charge < -0.3 is 4.90 Å². The molecule has 2 aromatic rings. The first kappa shape index (κ1) is 15.8. The quantitative estimate of drug-likeness (QED) is 0.789. The molecule has 126 valence electrons. The maximum Gasteiger partial charge on any atom is 0.265 e.